The Balaban J connectivity index is 1.93. The minimum atomic E-state index is -0.222. The molecule has 1 aliphatic rings. The Bertz CT molecular complexity index is 203. The summed E-state index contributed by atoms with van der Waals surface area (Å²) in [5.41, 5.74) is 0. The van der Waals surface area contributed by atoms with E-state index in [1.165, 1.54) is 12.8 Å². The van der Waals surface area contributed by atoms with E-state index in [9.17, 15) is 4.79 Å². The van der Waals surface area contributed by atoms with Crippen molar-refractivity contribution in [3.8, 4) is 0 Å². The summed E-state index contributed by atoms with van der Waals surface area (Å²) in [5, 5.41) is 3.26. The first kappa shape index (κ1) is 14.5. The molecule has 1 heterocycles. The molecule has 1 N–H and O–H groups in total. The number of piperidine rings is 1. The molecule has 0 radical (unpaired) electrons. The Morgan fingerprint density at radius 1 is 1.24 bits per heavy atom. The highest BCUT2D eigenvalue weighted by atomic mass is 16.6. The van der Waals surface area contributed by atoms with E-state index < -0.39 is 0 Å². The zero-order valence-corrected chi connectivity index (χ0v) is 10.9. The fraction of sp³-hybridized carbons (Fsp3) is 0.923. The van der Waals surface area contributed by atoms with Crippen molar-refractivity contribution in [3.63, 3.8) is 0 Å². The average molecular weight is 243 g/mol. The Hall–Kier alpha value is -0.610. The molecule has 17 heavy (non-hydrogen) atoms. The van der Waals surface area contributed by atoms with Gasteiger partial charge in [0.25, 0.3) is 0 Å². The molecule has 1 saturated heterocycles. The van der Waals surface area contributed by atoms with Crippen LogP contribution in [0, 0.1) is 0 Å². The summed E-state index contributed by atoms with van der Waals surface area (Å²) in [6.07, 6.45) is 6.72. The normalized spacial score (nSPS) is 17.0. The summed E-state index contributed by atoms with van der Waals surface area (Å²) in [6.45, 7) is 4.78. The molecular formula is C13H25NO3. The van der Waals surface area contributed by atoms with Crippen LogP contribution in [-0.2, 0) is 14.3 Å². The molecule has 0 aromatic heterocycles. The van der Waals surface area contributed by atoms with Crippen LogP contribution in [0.4, 0.5) is 0 Å². The fourth-order valence-corrected chi connectivity index (χ4v) is 1.90. The minimum Gasteiger partial charge on any atom is -0.464 e. The first-order valence-electron chi connectivity index (χ1n) is 6.81. The molecule has 0 amide bonds. The highest BCUT2D eigenvalue weighted by Gasteiger charge is 2.15. The SMILES string of the molecule is CCCCCCOC(=O)COC1CCNCC1. The van der Waals surface area contributed by atoms with Gasteiger partial charge in [-0.3, -0.25) is 0 Å². The number of nitrogens with one attached hydrogen (secondary N) is 1. The van der Waals surface area contributed by atoms with Crippen LogP contribution in [0.3, 0.4) is 0 Å². The van der Waals surface area contributed by atoms with Crippen LogP contribution in [0.2, 0.25) is 0 Å². The van der Waals surface area contributed by atoms with Crippen molar-refractivity contribution in [2.24, 2.45) is 0 Å². The van der Waals surface area contributed by atoms with Crippen LogP contribution in [-0.4, -0.2) is 38.4 Å². The predicted octanol–water partition coefficient (Wildman–Crippen LogP) is 1.88. The van der Waals surface area contributed by atoms with Gasteiger partial charge < -0.3 is 14.8 Å². The van der Waals surface area contributed by atoms with Crippen molar-refractivity contribution in [3.05, 3.63) is 0 Å². The van der Waals surface area contributed by atoms with Gasteiger partial charge in [-0.1, -0.05) is 26.2 Å². The molecule has 0 aliphatic carbocycles. The van der Waals surface area contributed by atoms with Crippen LogP contribution < -0.4 is 5.32 Å². The molecule has 100 valence electrons. The number of esters is 1. The number of unbranched alkanes of at least 4 members (excludes halogenated alkanes) is 3. The largest absolute Gasteiger partial charge is 0.464 e. The van der Waals surface area contributed by atoms with Crippen LogP contribution >= 0.6 is 0 Å². The molecule has 0 atom stereocenters. The van der Waals surface area contributed by atoms with Gasteiger partial charge in [0, 0.05) is 0 Å². The molecule has 0 bridgehead atoms. The zero-order chi connectivity index (χ0) is 12.3. The van der Waals surface area contributed by atoms with Crippen LogP contribution in [0.25, 0.3) is 0 Å². The molecule has 0 aromatic rings. The van der Waals surface area contributed by atoms with Gasteiger partial charge in [-0.25, -0.2) is 4.79 Å². The zero-order valence-electron chi connectivity index (χ0n) is 10.9. The lowest BCUT2D eigenvalue weighted by Crippen LogP contribution is -2.33. The van der Waals surface area contributed by atoms with Crippen LogP contribution in [0.15, 0.2) is 0 Å². The molecule has 1 rings (SSSR count). The lowest BCUT2D eigenvalue weighted by molar-refractivity contribution is -0.151. The van der Waals surface area contributed by atoms with E-state index in [1.54, 1.807) is 0 Å². The van der Waals surface area contributed by atoms with Gasteiger partial charge >= 0.3 is 5.97 Å². The van der Waals surface area contributed by atoms with Crippen molar-refractivity contribution >= 4 is 5.97 Å². The quantitative estimate of drug-likeness (QED) is 0.522. The summed E-state index contributed by atoms with van der Waals surface area (Å²) in [5.74, 6) is -0.222. The third kappa shape index (κ3) is 7.34. The first-order chi connectivity index (χ1) is 8.33. The summed E-state index contributed by atoms with van der Waals surface area (Å²) >= 11 is 0. The van der Waals surface area contributed by atoms with Crippen molar-refractivity contribution in [1.82, 2.24) is 5.32 Å². The second-order valence-corrected chi connectivity index (χ2v) is 4.54. The second-order valence-electron chi connectivity index (χ2n) is 4.54. The maximum Gasteiger partial charge on any atom is 0.332 e. The number of ether oxygens (including phenoxy) is 2. The molecule has 0 spiro atoms. The maximum atomic E-state index is 11.4. The molecular weight excluding hydrogens is 218 g/mol. The van der Waals surface area contributed by atoms with Crippen molar-refractivity contribution in [2.75, 3.05) is 26.3 Å². The highest BCUT2D eigenvalue weighted by Crippen LogP contribution is 2.07. The van der Waals surface area contributed by atoms with Crippen molar-refractivity contribution in [1.29, 1.82) is 0 Å². The number of rotatable bonds is 8. The van der Waals surface area contributed by atoms with E-state index in [4.69, 9.17) is 9.47 Å². The summed E-state index contributed by atoms with van der Waals surface area (Å²) in [4.78, 5) is 11.4. The van der Waals surface area contributed by atoms with Gasteiger partial charge in [-0.2, -0.15) is 0 Å². The van der Waals surface area contributed by atoms with Gasteiger partial charge in [0.2, 0.25) is 0 Å². The van der Waals surface area contributed by atoms with Crippen LogP contribution in [0.1, 0.15) is 45.4 Å². The van der Waals surface area contributed by atoms with E-state index in [1.807, 2.05) is 0 Å². The number of hydrogen-bond donors (Lipinski definition) is 1. The van der Waals surface area contributed by atoms with Gasteiger partial charge in [-0.15, -0.1) is 0 Å². The second kappa shape index (κ2) is 9.42. The number of carbonyl (C=O) groups excluding carboxylic acids is 1. The van der Waals surface area contributed by atoms with Crippen molar-refractivity contribution in [2.45, 2.75) is 51.6 Å². The molecule has 1 fully saturated rings. The third-order valence-corrected chi connectivity index (χ3v) is 2.98. The van der Waals surface area contributed by atoms with Gasteiger partial charge in [0.05, 0.1) is 12.7 Å². The standard InChI is InChI=1S/C13H25NO3/c1-2-3-4-5-10-16-13(15)11-17-12-6-8-14-9-7-12/h12,14H,2-11H2,1H3. The minimum absolute atomic E-state index is 0.110. The number of carbonyl (C=O) groups is 1. The van der Waals surface area contributed by atoms with E-state index in [2.05, 4.69) is 12.2 Å². The summed E-state index contributed by atoms with van der Waals surface area (Å²) in [6, 6.07) is 0. The first-order valence-corrected chi connectivity index (χ1v) is 6.81. The smallest absolute Gasteiger partial charge is 0.332 e. The molecule has 4 heteroatoms. The molecule has 0 saturated carbocycles. The van der Waals surface area contributed by atoms with Gasteiger partial charge in [-0.05, 0) is 32.4 Å². The lowest BCUT2D eigenvalue weighted by atomic mass is 10.1. The molecule has 4 nitrogen and oxygen atoms in total. The third-order valence-electron chi connectivity index (χ3n) is 2.98. The van der Waals surface area contributed by atoms with Gasteiger partial charge in [0.15, 0.2) is 0 Å². The Kier molecular flexibility index (Phi) is 8.01. The van der Waals surface area contributed by atoms with Gasteiger partial charge in [0.1, 0.15) is 6.61 Å². The van der Waals surface area contributed by atoms with Crippen LogP contribution in [0.5, 0.6) is 0 Å². The monoisotopic (exact) mass is 243 g/mol. The molecule has 0 aromatic carbocycles. The average Bonchev–Trinajstić information content (AvgIpc) is 2.37. The Morgan fingerprint density at radius 3 is 2.71 bits per heavy atom. The topological polar surface area (TPSA) is 47.6 Å². The summed E-state index contributed by atoms with van der Waals surface area (Å²) in [7, 11) is 0. The molecule has 1 aliphatic heterocycles. The van der Waals surface area contributed by atoms with E-state index in [0.717, 1.165) is 38.8 Å². The Morgan fingerprint density at radius 2 is 2.00 bits per heavy atom. The van der Waals surface area contributed by atoms with Crippen molar-refractivity contribution < 1.29 is 14.3 Å². The predicted molar refractivity (Wildman–Crippen MR) is 66.9 cm³/mol. The lowest BCUT2D eigenvalue weighted by Gasteiger charge is -2.22. The Labute approximate surface area is 104 Å². The number of hydrogen-bond acceptors (Lipinski definition) is 4. The van der Waals surface area contributed by atoms with E-state index >= 15 is 0 Å². The maximum absolute atomic E-state index is 11.4. The highest BCUT2D eigenvalue weighted by molar-refractivity contribution is 5.70. The summed E-state index contributed by atoms with van der Waals surface area (Å²) < 4.78 is 10.6. The molecule has 0 unspecified atom stereocenters. The van der Waals surface area contributed by atoms with E-state index in [-0.39, 0.29) is 18.7 Å². The fourth-order valence-electron chi connectivity index (χ4n) is 1.90. The van der Waals surface area contributed by atoms with E-state index in [0.29, 0.717) is 6.61 Å².